The first-order chi connectivity index (χ1) is 14.5. The molecular formula is C23H21BrN2O4. The van der Waals surface area contributed by atoms with Crippen molar-refractivity contribution in [3.8, 4) is 11.5 Å². The number of nitrogens with one attached hydrogen (secondary N) is 2. The van der Waals surface area contributed by atoms with Crippen molar-refractivity contribution < 1.29 is 19.1 Å². The van der Waals surface area contributed by atoms with Crippen LogP contribution in [-0.4, -0.2) is 25.0 Å². The van der Waals surface area contributed by atoms with Gasteiger partial charge in [0.05, 0.1) is 12.3 Å². The SMILES string of the molecule is CCOc1ccccc1NC(=O)c1ccc(OCC(=O)Nc2ccc(Br)cc2)cc1. The van der Waals surface area contributed by atoms with Crippen molar-refractivity contribution in [3.05, 3.63) is 82.8 Å². The molecular weight excluding hydrogens is 448 g/mol. The maximum absolute atomic E-state index is 12.5. The monoisotopic (exact) mass is 468 g/mol. The molecule has 0 aliphatic heterocycles. The van der Waals surface area contributed by atoms with E-state index in [1.165, 1.54) is 0 Å². The van der Waals surface area contributed by atoms with Gasteiger partial charge in [-0.2, -0.15) is 0 Å². The van der Waals surface area contributed by atoms with Gasteiger partial charge in [0.15, 0.2) is 6.61 Å². The lowest BCUT2D eigenvalue weighted by atomic mass is 10.2. The minimum atomic E-state index is -0.272. The van der Waals surface area contributed by atoms with Crippen LogP contribution in [0.5, 0.6) is 11.5 Å². The number of ether oxygens (including phenoxy) is 2. The fraction of sp³-hybridized carbons (Fsp3) is 0.130. The van der Waals surface area contributed by atoms with Crippen LogP contribution < -0.4 is 20.1 Å². The van der Waals surface area contributed by atoms with Gasteiger partial charge in [0.1, 0.15) is 11.5 Å². The molecule has 2 amide bonds. The molecule has 0 aromatic heterocycles. The molecule has 6 nitrogen and oxygen atoms in total. The van der Waals surface area contributed by atoms with Crippen LogP contribution in [0, 0.1) is 0 Å². The average molecular weight is 469 g/mol. The predicted molar refractivity (Wildman–Crippen MR) is 120 cm³/mol. The molecule has 0 atom stereocenters. The van der Waals surface area contributed by atoms with Crippen LogP contribution in [0.2, 0.25) is 0 Å². The summed E-state index contributed by atoms with van der Waals surface area (Å²) in [4.78, 5) is 24.5. The number of carbonyl (C=O) groups excluding carboxylic acids is 2. The molecule has 0 unspecified atom stereocenters. The van der Waals surface area contributed by atoms with Crippen molar-refractivity contribution in [2.75, 3.05) is 23.8 Å². The van der Waals surface area contributed by atoms with Gasteiger partial charge < -0.3 is 20.1 Å². The topological polar surface area (TPSA) is 76.7 Å². The van der Waals surface area contributed by atoms with Gasteiger partial charge in [-0.05, 0) is 67.6 Å². The van der Waals surface area contributed by atoms with Crippen molar-refractivity contribution >= 4 is 39.1 Å². The Hall–Kier alpha value is -3.32. The summed E-state index contributed by atoms with van der Waals surface area (Å²) in [5, 5.41) is 5.59. The summed E-state index contributed by atoms with van der Waals surface area (Å²) in [5.74, 6) is 0.575. The molecule has 30 heavy (non-hydrogen) atoms. The van der Waals surface area contributed by atoms with Gasteiger partial charge in [0.25, 0.3) is 11.8 Å². The van der Waals surface area contributed by atoms with Crippen LogP contribution in [-0.2, 0) is 4.79 Å². The zero-order valence-electron chi connectivity index (χ0n) is 16.4. The van der Waals surface area contributed by atoms with Crippen LogP contribution in [0.15, 0.2) is 77.3 Å². The number of carbonyl (C=O) groups is 2. The van der Waals surface area contributed by atoms with Gasteiger partial charge in [0, 0.05) is 15.7 Å². The summed E-state index contributed by atoms with van der Waals surface area (Å²) in [7, 11) is 0. The number of halogens is 1. The van der Waals surface area contributed by atoms with Crippen molar-refractivity contribution in [2.24, 2.45) is 0 Å². The molecule has 0 fully saturated rings. The highest BCUT2D eigenvalue weighted by atomic mass is 79.9. The van der Waals surface area contributed by atoms with E-state index in [1.807, 2.05) is 31.2 Å². The molecule has 2 N–H and O–H groups in total. The minimum absolute atomic E-state index is 0.136. The minimum Gasteiger partial charge on any atom is -0.492 e. The standard InChI is InChI=1S/C23H21BrN2O4/c1-2-29-21-6-4-3-5-20(21)26-23(28)16-7-13-19(14-8-16)30-15-22(27)25-18-11-9-17(24)10-12-18/h3-14H,2,15H2,1H3,(H,25,27)(H,26,28). The van der Waals surface area contributed by atoms with Crippen molar-refractivity contribution in [1.29, 1.82) is 0 Å². The Bertz CT molecular complexity index is 1000. The van der Waals surface area contributed by atoms with Gasteiger partial charge in [-0.3, -0.25) is 9.59 Å². The molecule has 154 valence electrons. The Labute approximate surface area is 183 Å². The average Bonchev–Trinajstić information content (AvgIpc) is 2.76. The summed E-state index contributed by atoms with van der Waals surface area (Å²) in [6.07, 6.45) is 0. The number of anilines is 2. The van der Waals surface area contributed by atoms with Crippen LogP contribution in [0.4, 0.5) is 11.4 Å². The highest BCUT2D eigenvalue weighted by molar-refractivity contribution is 9.10. The maximum atomic E-state index is 12.5. The zero-order chi connectivity index (χ0) is 21.3. The van der Waals surface area contributed by atoms with Gasteiger partial charge >= 0.3 is 0 Å². The smallest absolute Gasteiger partial charge is 0.262 e. The summed E-state index contributed by atoms with van der Waals surface area (Å²) >= 11 is 3.35. The highest BCUT2D eigenvalue weighted by Gasteiger charge is 2.10. The van der Waals surface area contributed by atoms with E-state index < -0.39 is 0 Å². The van der Waals surface area contributed by atoms with Crippen molar-refractivity contribution in [1.82, 2.24) is 0 Å². The third-order valence-electron chi connectivity index (χ3n) is 4.05. The third-order valence-corrected chi connectivity index (χ3v) is 4.58. The van der Waals surface area contributed by atoms with E-state index in [1.54, 1.807) is 48.5 Å². The Balaban J connectivity index is 1.53. The second-order valence-corrected chi connectivity index (χ2v) is 7.17. The fourth-order valence-corrected chi connectivity index (χ4v) is 2.89. The third kappa shape index (κ3) is 6.09. The lowest BCUT2D eigenvalue weighted by molar-refractivity contribution is -0.118. The van der Waals surface area contributed by atoms with E-state index in [0.29, 0.717) is 35.0 Å². The molecule has 3 aromatic carbocycles. The molecule has 0 saturated carbocycles. The molecule has 0 aliphatic carbocycles. The number of benzene rings is 3. The first-order valence-electron chi connectivity index (χ1n) is 9.36. The van der Waals surface area contributed by atoms with Gasteiger partial charge in [0.2, 0.25) is 0 Å². The number of hydrogen-bond acceptors (Lipinski definition) is 4. The lowest BCUT2D eigenvalue weighted by Gasteiger charge is -2.11. The molecule has 0 radical (unpaired) electrons. The van der Waals surface area contributed by atoms with E-state index in [0.717, 1.165) is 4.47 Å². The Kier molecular flexibility index (Phi) is 7.45. The second-order valence-electron chi connectivity index (χ2n) is 6.25. The molecule has 0 bridgehead atoms. The van der Waals surface area contributed by atoms with Gasteiger partial charge in [-0.15, -0.1) is 0 Å². The Morgan fingerprint density at radius 2 is 1.57 bits per heavy atom. The largest absolute Gasteiger partial charge is 0.492 e. The van der Waals surface area contributed by atoms with Crippen molar-refractivity contribution in [3.63, 3.8) is 0 Å². The molecule has 0 heterocycles. The van der Waals surface area contributed by atoms with Crippen LogP contribution in [0.1, 0.15) is 17.3 Å². The summed E-state index contributed by atoms with van der Waals surface area (Å²) in [6.45, 7) is 2.26. The van der Waals surface area contributed by atoms with Crippen molar-refractivity contribution in [2.45, 2.75) is 6.92 Å². The van der Waals surface area contributed by atoms with E-state index >= 15 is 0 Å². The summed E-state index contributed by atoms with van der Waals surface area (Å²) < 4.78 is 11.9. The second kappa shape index (κ2) is 10.5. The van der Waals surface area contributed by atoms with Gasteiger partial charge in [-0.1, -0.05) is 28.1 Å². The lowest BCUT2D eigenvalue weighted by Crippen LogP contribution is -2.20. The quantitative estimate of drug-likeness (QED) is 0.481. The zero-order valence-corrected chi connectivity index (χ0v) is 17.9. The highest BCUT2D eigenvalue weighted by Crippen LogP contribution is 2.24. The van der Waals surface area contributed by atoms with Crippen LogP contribution in [0.25, 0.3) is 0 Å². The number of rotatable bonds is 8. The van der Waals surface area contributed by atoms with E-state index in [-0.39, 0.29) is 18.4 Å². The van der Waals surface area contributed by atoms with Gasteiger partial charge in [-0.25, -0.2) is 0 Å². The molecule has 0 saturated heterocycles. The molecule has 3 rings (SSSR count). The normalized spacial score (nSPS) is 10.2. The summed E-state index contributed by atoms with van der Waals surface area (Å²) in [5.41, 5.74) is 1.76. The van der Waals surface area contributed by atoms with E-state index in [4.69, 9.17) is 9.47 Å². The molecule has 7 heteroatoms. The first-order valence-corrected chi connectivity index (χ1v) is 10.2. The van der Waals surface area contributed by atoms with E-state index in [2.05, 4.69) is 26.6 Å². The predicted octanol–water partition coefficient (Wildman–Crippen LogP) is 5.12. The number of para-hydroxylation sites is 2. The first kappa shape index (κ1) is 21.4. The van der Waals surface area contributed by atoms with E-state index in [9.17, 15) is 9.59 Å². The molecule has 0 aliphatic rings. The van der Waals surface area contributed by atoms with Crippen LogP contribution >= 0.6 is 15.9 Å². The summed E-state index contributed by atoms with van der Waals surface area (Å²) in [6, 6.07) is 21.1. The number of hydrogen-bond donors (Lipinski definition) is 2. The van der Waals surface area contributed by atoms with Crippen LogP contribution in [0.3, 0.4) is 0 Å². The number of amides is 2. The maximum Gasteiger partial charge on any atom is 0.262 e. The molecule has 0 spiro atoms. The molecule has 3 aromatic rings. The Morgan fingerprint density at radius 3 is 2.27 bits per heavy atom. The Morgan fingerprint density at radius 1 is 0.867 bits per heavy atom. The fourth-order valence-electron chi connectivity index (χ4n) is 2.63.